The van der Waals surface area contributed by atoms with Gasteiger partial charge in [-0.15, -0.1) is 0 Å². The maximum absolute atomic E-state index is 14.3. The molecule has 180 valence electrons. The Labute approximate surface area is 211 Å². The quantitative estimate of drug-likeness (QED) is 0.407. The Morgan fingerprint density at radius 1 is 1.14 bits per heavy atom. The molecule has 0 unspecified atom stereocenters. The summed E-state index contributed by atoms with van der Waals surface area (Å²) in [6.45, 7) is 0.884. The summed E-state index contributed by atoms with van der Waals surface area (Å²) in [5, 5.41) is 0.339. The van der Waals surface area contributed by atoms with Crippen molar-refractivity contribution in [3.63, 3.8) is 0 Å². The van der Waals surface area contributed by atoms with Crippen LogP contribution in [0.15, 0.2) is 58.7 Å². The standard InChI is InChI=1S/C25H25ClFN7S/c26-19-18(5-8-30-22(19)29)35-20-17(14-27)32-24(34-12-9-31-23(20)34)33-10-6-25(7-11-33)13-15-3-1-2-4-16(15)21(25)28/h1-5,8-9,12,21H,6-7,10-11,13-14,28H2,(H2,29,30)/t21-/m1/s1. The molecule has 1 fully saturated rings. The summed E-state index contributed by atoms with van der Waals surface area (Å²) in [6, 6.07) is 10.3. The fourth-order valence-corrected chi connectivity index (χ4v) is 6.72. The van der Waals surface area contributed by atoms with Crippen molar-refractivity contribution < 1.29 is 4.39 Å². The summed E-state index contributed by atoms with van der Waals surface area (Å²) in [5.41, 5.74) is 16.3. The van der Waals surface area contributed by atoms with Crippen molar-refractivity contribution >= 4 is 40.8 Å². The minimum Gasteiger partial charge on any atom is -0.382 e. The zero-order chi connectivity index (χ0) is 24.2. The van der Waals surface area contributed by atoms with Crippen LogP contribution in [-0.2, 0) is 13.1 Å². The number of imidazole rings is 1. The first kappa shape index (κ1) is 22.6. The van der Waals surface area contributed by atoms with Gasteiger partial charge in [0, 0.05) is 42.6 Å². The van der Waals surface area contributed by atoms with Crippen LogP contribution in [0, 0.1) is 5.41 Å². The van der Waals surface area contributed by atoms with E-state index >= 15 is 0 Å². The summed E-state index contributed by atoms with van der Waals surface area (Å²) in [7, 11) is 0. The Hall–Kier alpha value is -2.88. The highest BCUT2D eigenvalue weighted by atomic mass is 35.5. The number of halogens is 2. The van der Waals surface area contributed by atoms with Crippen LogP contribution in [0.4, 0.5) is 16.2 Å². The lowest BCUT2D eigenvalue weighted by Crippen LogP contribution is -2.45. The van der Waals surface area contributed by atoms with Crippen molar-refractivity contribution in [1.82, 2.24) is 19.4 Å². The monoisotopic (exact) mass is 509 g/mol. The summed E-state index contributed by atoms with van der Waals surface area (Å²) >= 11 is 7.66. The van der Waals surface area contributed by atoms with E-state index in [-0.39, 0.29) is 17.3 Å². The normalized spacial score (nSPS) is 18.9. The molecule has 1 spiro atoms. The number of hydrogen-bond donors (Lipinski definition) is 2. The highest BCUT2D eigenvalue weighted by Gasteiger charge is 2.46. The van der Waals surface area contributed by atoms with Gasteiger partial charge in [-0.3, -0.25) is 4.40 Å². The fraction of sp³-hybridized carbons (Fsp3) is 0.320. The van der Waals surface area contributed by atoms with Gasteiger partial charge in [0.25, 0.3) is 0 Å². The van der Waals surface area contributed by atoms with Gasteiger partial charge in [0.1, 0.15) is 12.5 Å². The van der Waals surface area contributed by atoms with Gasteiger partial charge in [-0.1, -0.05) is 47.6 Å². The lowest BCUT2D eigenvalue weighted by Gasteiger charge is -2.42. The molecule has 4 N–H and O–H groups in total. The van der Waals surface area contributed by atoms with Crippen LogP contribution in [0.2, 0.25) is 5.02 Å². The van der Waals surface area contributed by atoms with Crippen LogP contribution in [-0.4, -0.2) is 32.4 Å². The van der Waals surface area contributed by atoms with Crippen molar-refractivity contribution in [1.29, 1.82) is 0 Å². The van der Waals surface area contributed by atoms with Crippen molar-refractivity contribution in [2.45, 2.75) is 41.8 Å². The second-order valence-corrected chi connectivity index (χ2v) is 10.7. The van der Waals surface area contributed by atoms with Gasteiger partial charge >= 0.3 is 0 Å². The number of aromatic nitrogens is 4. The third-order valence-electron chi connectivity index (χ3n) is 7.41. The largest absolute Gasteiger partial charge is 0.382 e. The predicted molar refractivity (Wildman–Crippen MR) is 137 cm³/mol. The molecule has 10 heteroatoms. The van der Waals surface area contributed by atoms with Crippen molar-refractivity contribution in [3.8, 4) is 0 Å². The lowest BCUT2D eigenvalue weighted by molar-refractivity contribution is 0.186. The number of anilines is 2. The van der Waals surface area contributed by atoms with Crippen LogP contribution in [0.25, 0.3) is 5.65 Å². The Balaban J connectivity index is 1.31. The number of pyridine rings is 1. The summed E-state index contributed by atoms with van der Waals surface area (Å²) < 4.78 is 16.2. The molecule has 1 saturated heterocycles. The molecule has 0 radical (unpaired) electrons. The third kappa shape index (κ3) is 3.64. The topological polar surface area (TPSA) is 98.4 Å². The second kappa shape index (κ2) is 8.65. The molecule has 4 aromatic rings. The summed E-state index contributed by atoms with van der Waals surface area (Å²) in [4.78, 5) is 16.8. The molecule has 0 saturated carbocycles. The van der Waals surface area contributed by atoms with Gasteiger partial charge in [-0.25, -0.2) is 19.3 Å². The number of rotatable bonds is 4. The van der Waals surface area contributed by atoms with Crippen LogP contribution >= 0.6 is 23.4 Å². The van der Waals surface area contributed by atoms with E-state index < -0.39 is 6.67 Å². The number of piperidine rings is 1. The van der Waals surface area contributed by atoms with E-state index in [1.807, 2.05) is 10.6 Å². The van der Waals surface area contributed by atoms with E-state index in [1.165, 1.54) is 22.9 Å². The molecule has 1 atom stereocenters. The van der Waals surface area contributed by atoms with Gasteiger partial charge in [0.05, 0.1) is 15.6 Å². The van der Waals surface area contributed by atoms with Crippen molar-refractivity contribution in [3.05, 3.63) is 70.8 Å². The average molecular weight is 510 g/mol. The van der Waals surface area contributed by atoms with Crippen LogP contribution in [0.3, 0.4) is 0 Å². The minimum atomic E-state index is -0.713. The SMILES string of the molecule is Nc1nccc(Sc2c(CF)nc(N3CCC4(CC3)Cc3ccccc3[C@H]4N)n3ccnc23)c1Cl. The zero-order valence-corrected chi connectivity index (χ0v) is 20.6. The smallest absolute Gasteiger partial charge is 0.211 e. The second-order valence-electron chi connectivity index (χ2n) is 9.26. The molecule has 2 aliphatic rings. The van der Waals surface area contributed by atoms with Crippen LogP contribution in [0.1, 0.15) is 35.7 Å². The van der Waals surface area contributed by atoms with Gasteiger partial charge in [0.15, 0.2) is 5.65 Å². The van der Waals surface area contributed by atoms with E-state index in [2.05, 4.69) is 39.1 Å². The third-order valence-corrected chi connectivity index (χ3v) is 9.10. The number of alkyl halides is 1. The Morgan fingerprint density at radius 2 is 1.94 bits per heavy atom. The average Bonchev–Trinajstić information content (AvgIpc) is 3.47. The van der Waals surface area contributed by atoms with Crippen molar-refractivity contribution in [2.24, 2.45) is 11.1 Å². The highest BCUT2D eigenvalue weighted by molar-refractivity contribution is 7.99. The molecule has 35 heavy (non-hydrogen) atoms. The molecule has 0 amide bonds. The zero-order valence-electron chi connectivity index (χ0n) is 19.0. The van der Waals surface area contributed by atoms with E-state index in [1.54, 1.807) is 18.5 Å². The summed E-state index contributed by atoms with van der Waals surface area (Å²) in [5.74, 6) is 0.936. The number of nitrogens with zero attached hydrogens (tertiary/aromatic N) is 5. The molecule has 4 heterocycles. The lowest BCUT2D eigenvalue weighted by atomic mass is 9.73. The minimum absolute atomic E-state index is 0.0415. The predicted octanol–water partition coefficient (Wildman–Crippen LogP) is 4.82. The Kier molecular flexibility index (Phi) is 5.58. The van der Waals surface area contributed by atoms with E-state index in [9.17, 15) is 4.39 Å². The number of nitrogens with two attached hydrogens (primary N) is 2. The number of benzene rings is 1. The molecular formula is C25H25ClFN7S. The summed E-state index contributed by atoms with van der Waals surface area (Å²) in [6.07, 6.45) is 8.08. The first-order chi connectivity index (χ1) is 17.0. The molecule has 0 bridgehead atoms. The van der Waals surface area contributed by atoms with Gasteiger partial charge in [-0.05, 0) is 41.9 Å². The molecule has 6 rings (SSSR count). The maximum Gasteiger partial charge on any atom is 0.211 e. The Bertz CT molecular complexity index is 1420. The first-order valence-electron chi connectivity index (χ1n) is 11.6. The first-order valence-corrected chi connectivity index (χ1v) is 12.8. The highest BCUT2D eigenvalue weighted by Crippen LogP contribution is 2.51. The van der Waals surface area contributed by atoms with Gasteiger partial charge < -0.3 is 16.4 Å². The van der Waals surface area contributed by atoms with Crippen LogP contribution < -0.4 is 16.4 Å². The van der Waals surface area contributed by atoms with Gasteiger partial charge in [-0.2, -0.15) is 0 Å². The van der Waals surface area contributed by atoms with E-state index in [0.29, 0.717) is 32.1 Å². The van der Waals surface area contributed by atoms with Crippen molar-refractivity contribution in [2.75, 3.05) is 23.7 Å². The number of fused-ring (bicyclic) bond motifs is 2. The maximum atomic E-state index is 14.3. The van der Waals surface area contributed by atoms with Crippen LogP contribution in [0.5, 0.6) is 0 Å². The van der Waals surface area contributed by atoms with E-state index in [4.69, 9.17) is 28.1 Å². The number of nitrogen functional groups attached to an aromatic ring is 1. The molecule has 3 aromatic heterocycles. The van der Waals surface area contributed by atoms with E-state index in [0.717, 1.165) is 32.4 Å². The van der Waals surface area contributed by atoms with Gasteiger partial charge in [0.2, 0.25) is 5.95 Å². The molecule has 7 nitrogen and oxygen atoms in total. The fourth-order valence-electron chi connectivity index (χ4n) is 5.49. The Morgan fingerprint density at radius 3 is 2.71 bits per heavy atom. The molecule has 1 aliphatic carbocycles. The molecule has 1 aliphatic heterocycles. The molecular weight excluding hydrogens is 485 g/mol. The number of hydrogen-bond acceptors (Lipinski definition) is 7. The molecule has 1 aromatic carbocycles.